The second kappa shape index (κ2) is 12.6. The van der Waals surface area contributed by atoms with Crippen LogP contribution < -0.4 is 14.8 Å². The van der Waals surface area contributed by atoms with Gasteiger partial charge in [-0.3, -0.25) is 4.79 Å². The molecule has 0 spiro atoms. The number of carbonyl (C=O) groups excluding carboxylic acids is 2. The van der Waals surface area contributed by atoms with E-state index in [1.54, 1.807) is 30.5 Å². The van der Waals surface area contributed by atoms with Gasteiger partial charge in [0, 0.05) is 43.8 Å². The minimum Gasteiger partial charge on any atom is -0.497 e. The lowest BCUT2D eigenvalue weighted by atomic mass is 10.0. The molecule has 34 heavy (non-hydrogen) atoms. The molecule has 8 nitrogen and oxygen atoms in total. The third-order valence-corrected chi connectivity index (χ3v) is 6.66. The third kappa shape index (κ3) is 6.87. The normalized spacial score (nSPS) is 15.1. The molecule has 3 amide bonds. The lowest BCUT2D eigenvalue weighted by Crippen LogP contribution is -2.51. The van der Waals surface area contributed by atoms with Gasteiger partial charge in [-0.15, -0.1) is 11.3 Å². The first-order chi connectivity index (χ1) is 16.4. The molecule has 2 heterocycles. The second-order valence-corrected chi connectivity index (χ2v) is 9.51. The van der Waals surface area contributed by atoms with Gasteiger partial charge in [-0.1, -0.05) is 6.07 Å². The van der Waals surface area contributed by atoms with Gasteiger partial charge in [-0.2, -0.15) is 0 Å². The number of hydrogen-bond donors (Lipinski definition) is 1. The number of thiophene rings is 1. The first-order valence-corrected chi connectivity index (χ1v) is 12.5. The summed E-state index contributed by atoms with van der Waals surface area (Å²) in [7, 11) is 3.24. The Bertz CT molecular complexity index is 948. The van der Waals surface area contributed by atoms with E-state index in [4.69, 9.17) is 14.2 Å². The maximum absolute atomic E-state index is 13.5. The van der Waals surface area contributed by atoms with Crippen molar-refractivity contribution in [1.29, 1.82) is 0 Å². The van der Waals surface area contributed by atoms with Crippen LogP contribution in [0.5, 0.6) is 11.5 Å². The Kier molecular flexibility index (Phi) is 9.59. The van der Waals surface area contributed by atoms with Crippen LogP contribution >= 0.6 is 11.3 Å². The highest BCUT2D eigenvalue weighted by atomic mass is 32.1. The number of methoxy groups -OCH3 is 2. The zero-order chi connectivity index (χ0) is 24.5. The smallest absolute Gasteiger partial charge is 0.318 e. The predicted molar refractivity (Wildman–Crippen MR) is 133 cm³/mol. The molecule has 0 bridgehead atoms. The number of nitrogens with zero attached hydrogens (tertiary/aromatic N) is 2. The molecule has 1 aromatic heterocycles. The van der Waals surface area contributed by atoms with Crippen molar-refractivity contribution in [1.82, 2.24) is 15.1 Å². The molecule has 0 saturated heterocycles. The topological polar surface area (TPSA) is 80.3 Å². The standard InChI is InChI=1S/C25H35N3O5S/c1-18(2)26-25(30)27(11-6-13-31-3)16-24(29)28-12-9-23-21(10-14-34-23)22(28)17-33-20-8-5-7-19(15-20)32-4/h5,7-8,10,14-15,18,22H,6,9,11-13,16-17H2,1-4H3,(H,26,30)/t22-/m0/s1. The van der Waals surface area contributed by atoms with Crippen LogP contribution in [0.15, 0.2) is 35.7 Å². The molecule has 1 N–H and O–H groups in total. The minimum absolute atomic E-state index is 0.0113. The number of benzene rings is 1. The Hall–Kier alpha value is -2.78. The molecule has 186 valence electrons. The number of rotatable bonds is 11. The van der Waals surface area contributed by atoms with E-state index in [0.717, 1.165) is 12.0 Å². The minimum atomic E-state index is -0.239. The average molecular weight is 490 g/mol. The number of ether oxygens (including phenoxy) is 3. The second-order valence-electron chi connectivity index (χ2n) is 8.51. The summed E-state index contributed by atoms with van der Waals surface area (Å²) in [6, 6.07) is 9.04. The maximum atomic E-state index is 13.5. The van der Waals surface area contributed by atoms with Gasteiger partial charge in [0.1, 0.15) is 24.7 Å². The van der Waals surface area contributed by atoms with Gasteiger partial charge < -0.3 is 29.3 Å². The van der Waals surface area contributed by atoms with E-state index in [2.05, 4.69) is 16.8 Å². The number of urea groups is 1. The first-order valence-electron chi connectivity index (χ1n) is 11.6. The molecule has 1 aliphatic heterocycles. The molecule has 0 aliphatic carbocycles. The molecule has 0 fully saturated rings. The van der Waals surface area contributed by atoms with Crippen LogP contribution in [0.2, 0.25) is 0 Å². The van der Waals surface area contributed by atoms with E-state index in [1.807, 2.05) is 43.0 Å². The van der Waals surface area contributed by atoms with E-state index in [1.165, 1.54) is 4.88 Å². The van der Waals surface area contributed by atoms with Crippen molar-refractivity contribution in [2.45, 2.75) is 38.8 Å². The molecule has 1 atom stereocenters. The first kappa shape index (κ1) is 25.8. The molecule has 3 rings (SSSR count). The fourth-order valence-electron chi connectivity index (χ4n) is 3.99. The summed E-state index contributed by atoms with van der Waals surface area (Å²) in [5, 5.41) is 4.96. The number of nitrogens with one attached hydrogen (secondary N) is 1. The highest BCUT2D eigenvalue weighted by Gasteiger charge is 2.33. The Balaban J connectivity index is 1.74. The zero-order valence-corrected chi connectivity index (χ0v) is 21.2. The van der Waals surface area contributed by atoms with Crippen LogP contribution in [0.3, 0.4) is 0 Å². The van der Waals surface area contributed by atoms with Crippen molar-refractivity contribution in [3.63, 3.8) is 0 Å². The summed E-state index contributed by atoms with van der Waals surface area (Å²) in [5.74, 6) is 1.31. The summed E-state index contributed by atoms with van der Waals surface area (Å²) in [6.45, 7) is 5.71. The summed E-state index contributed by atoms with van der Waals surface area (Å²) >= 11 is 1.71. The summed E-state index contributed by atoms with van der Waals surface area (Å²) in [4.78, 5) is 30.9. The van der Waals surface area contributed by atoms with E-state index in [-0.39, 0.29) is 30.6 Å². The molecule has 1 aliphatic rings. The SMILES string of the molecule is COCCCN(CC(=O)N1CCc2sccc2[C@@H]1COc1cccc(OC)c1)C(=O)NC(C)C. The predicted octanol–water partition coefficient (Wildman–Crippen LogP) is 3.72. The van der Waals surface area contributed by atoms with E-state index in [0.29, 0.717) is 44.2 Å². The van der Waals surface area contributed by atoms with Crippen molar-refractivity contribution in [3.05, 3.63) is 46.2 Å². The monoisotopic (exact) mass is 489 g/mol. The maximum Gasteiger partial charge on any atom is 0.318 e. The molecule has 2 aromatic rings. The van der Waals surface area contributed by atoms with Gasteiger partial charge in [0.25, 0.3) is 0 Å². The highest BCUT2D eigenvalue weighted by molar-refractivity contribution is 7.10. The lowest BCUT2D eigenvalue weighted by Gasteiger charge is -2.37. The van der Waals surface area contributed by atoms with Gasteiger partial charge in [0.2, 0.25) is 5.91 Å². The quantitative estimate of drug-likeness (QED) is 0.487. The molecule has 1 aromatic carbocycles. The van der Waals surface area contributed by atoms with Crippen LogP contribution in [0.4, 0.5) is 4.79 Å². The largest absolute Gasteiger partial charge is 0.497 e. The fourth-order valence-corrected chi connectivity index (χ4v) is 4.91. The number of amides is 3. The average Bonchev–Trinajstić information content (AvgIpc) is 3.30. The number of fused-ring (bicyclic) bond motifs is 1. The number of hydrogen-bond acceptors (Lipinski definition) is 6. The Morgan fingerprint density at radius 2 is 2.03 bits per heavy atom. The molecular weight excluding hydrogens is 454 g/mol. The van der Waals surface area contributed by atoms with Crippen LogP contribution in [0, 0.1) is 0 Å². The molecule has 9 heteroatoms. The Morgan fingerprint density at radius 1 is 1.24 bits per heavy atom. The third-order valence-electron chi connectivity index (χ3n) is 5.67. The van der Waals surface area contributed by atoms with Crippen LogP contribution in [-0.4, -0.2) is 74.8 Å². The van der Waals surface area contributed by atoms with Crippen molar-refractivity contribution in [3.8, 4) is 11.5 Å². The van der Waals surface area contributed by atoms with Crippen LogP contribution in [0.1, 0.15) is 36.8 Å². The van der Waals surface area contributed by atoms with Gasteiger partial charge in [0.05, 0.1) is 13.2 Å². The summed E-state index contributed by atoms with van der Waals surface area (Å²) < 4.78 is 16.5. The van der Waals surface area contributed by atoms with Gasteiger partial charge in [0.15, 0.2) is 0 Å². The Labute approximate surface area is 205 Å². The van der Waals surface area contributed by atoms with Crippen molar-refractivity contribution in [2.75, 3.05) is 47.1 Å². The van der Waals surface area contributed by atoms with E-state index in [9.17, 15) is 9.59 Å². The molecular formula is C25H35N3O5S. The molecule has 0 saturated carbocycles. The van der Waals surface area contributed by atoms with Crippen LogP contribution in [0.25, 0.3) is 0 Å². The summed E-state index contributed by atoms with van der Waals surface area (Å²) in [5.41, 5.74) is 1.12. The molecule has 0 radical (unpaired) electrons. The van der Waals surface area contributed by atoms with E-state index >= 15 is 0 Å². The lowest BCUT2D eigenvalue weighted by molar-refractivity contribution is -0.135. The van der Waals surface area contributed by atoms with E-state index < -0.39 is 0 Å². The van der Waals surface area contributed by atoms with Gasteiger partial charge >= 0.3 is 6.03 Å². The summed E-state index contributed by atoms with van der Waals surface area (Å²) in [6.07, 6.45) is 1.46. The fraction of sp³-hybridized carbons (Fsp3) is 0.520. The van der Waals surface area contributed by atoms with Gasteiger partial charge in [-0.25, -0.2) is 4.79 Å². The number of carbonyl (C=O) groups is 2. The van der Waals surface area contributed by atoms with Crippen molar-refractivity contribution < 1.29 is 23.8 Å². The van der Waals surface area contributed by atoms with Crippen molar-refractivity contribution in [2.24, 2.45) is 0 Å². The van der Waals surface area contributed by atoms with Crippen molar-refractivity contribution >= 4 is 23.3 Å². The van der Waals surface area contributed by atoms with Gasteiger partial charge in [-0.05, 0) is 55.8 Å². The van der Waals surface area contributed by atoms with Crippen LogP contribution in [-0.2, 0) is 16.0 Å². The molecule has 0 unspecified atom stereocenters. The zero-order valence-electron chi connectivity index (χ0n) is 20.4. The highest BCUT2D eigenvalue weighted by Crippen LogP contribution is 2.34. The Morgan fingerprint density at radius 3 is 2.76 bits per heavy atom.